The zero-order chi connectivity index (χ0) is 14.0. The summed E-state index contributed by atoms with van der Waals surface area (Å²) in [6, 6.07) is 6.24. The minimum atomic E-state index is -0.216. The molecule has 102 valence electrons. The highest BCUT2D eigenvalue weighted by molar-refractivity contribution is 9.10. The van der Waals surface area contributed by atoms with E-state index in [4.69, 9.17) is 5.73 Å². The van der Waals surface area contributed by atoms with Gasteiger partial charge in [-0.1, -0.05) is 6.07 Å². The molecule has 0 amide bonds. The standard InChI is InChI=1S/C12H15BrN4OS/c1-7(14)5-8-3-4-10(9(13)6-8)19-12-16-15-11(18)17(12)2/h3-4,6-7H,5,14H2,1-2H3,(H,15,18). The molecule has 1 aromatic heterocycles. The van der Waals surface area contributed by atoms with Crippen LogP contribution in [0.4, 0.5) is 0 Å². The minimum Gasteiger partial charge on any atom is -0.328 e. The van der Waals surface area contributed by atoms with Crippen molar-refractivity contribution in [1.82, 2.24) is 14.8 Å². The first kappa shape index (κ1) is 14.4. The molecule has 1 heterocycles. The number of nitrogens with one attached hydrogen (secondary N) is 1. The van der Waals surface area contributed by atoms with Crippen molar-refractivity contribution in [3.8, 4) is 0 Å². The highest BCUT2D eigenvalue weighted by Gasteiger charge is 2.10. The Balaban J connectivity index is 2.22. The summed E-state index contributed by atoms with van der Waals surface area (Å²) >= 11 is 4.97. The molecule has 2 aromatic rings. The van der Waals surface area contributed by atoms with Gasteiger partial charge in [-0.05, 0) is 58.7 Å². The van der Waals surface area contributed by atoms with Gasteiger partial charge < -0.3 is 5.73 Å². The molecule has 0 aliphatic carbocycles. The first-order chi connectivity index (χ1) is 8.97. The van der Waals surface area contributed by atoms with Gasteiger partial charge in [-0.15, -0.1) is 5.10 Å². The Labute approximate surface area is 123 Å². The van der Waals surface area contributed by atoms with Crippen LogP contribution in [0.15, 0.2) is 37.5 Å². The van der Waals surface area contributed by atoms with E-state index in [2.05, 4.69) is 32.2 Å². The van der Waals surface area contributed by atoms with Gasteiger partial charge in [0.1, 0.15) is 0 Å². The van der Waals surface area contributed by atoms with Crippen LogP contribution in [0.1, 0.15) is 12.5 Å². The van der Waals surface area contributed by atoms with Gasteiger partial charge in [0, 0.05) is 22.5 Å². The number of aromatic amines is 1. The van der Waals surface area contributed by atoms with Gasteiger partial charge in [0.25, 0.3) is 0 Å². The lowest BCUT2D eigenvalue weighted by molar-refractivity contribution is 0.737. The number of H-pyrrole nitrogens is 1. The van der Waals surface area contributed by atoms with Crippen LogP contribution in [0.3, 0.4) is 0 Å². The van der Waals surface area contributed by atoms with E-state index in [9.17, 15) is 4.79 Å². The molecule has 1 aromatic carbocycles. The average Bonchev–Trinajstić information content (AvgIpc) is 2.64. The number of hydrogen-bond acceptors (Lipinski definition) is 4. The van der Waals surface area contributed by atoms with Crippen LogP contribution in [0, 0.1) is 0 Å². The minimum absolute atomic E-state index is 0.137. The Morgan fingerprint density at radius 2 is 2.32 bits per heavy atom. The molecule has 0 fully saturated rings. The van der Waals surface area contributed by atoms with Crippen LogP contribution in [0.25, 0.3) is 0 Å². The summed E-state index contributed by atoms with van der Waals surface area (Å²) in [7, 11) is 1.69. The number of rotatable bonds is 4. The molecule has 1 unspecified atom stereocenters. The van der Waals surface area contributed by atoms with E-state index in [-0.39, 0.29) is 11.7 Å². The van der Waals surface area contributed by atoms with Crippen LogP contribution in [-0.2, 0) is 13.5 Å². The fourth-order valence-corrected chi connectivity index (χ4v) is 3.12. The van der Waals surface area contributed by atoms with Gasteiger partial charge in [0.05, 0.1) is 0 Å². The summed E-state index contributed by atoms with van der Waals surface area (Å²) in [4.78, 5) is 12.3. The first-order valence-corrected chi connectivity index (χ1v) is 7.41. The lowest BCUT2D eigenvalue weighted by Crippen LogP contribution is -2.17. The molecule has 0 bridgehead atoms. The SMILES string of the molecule is CC(N)Cc1ccc(Sc2n[nH]c(=O)n2C)c(Br)c1. The fraction of sp³-hybridized carbons (Fsp3) is 0.333. The second-order valence-electron chi connectivity index (χ2n) is 4.42. The maximum absolute atomic E-state index is 11.3. The van der Waals surface area contributed by atoms with Crippen molar-refractivity contribution in [2.75, 3.05) is 0 Å². The summed E-state index contributed by atoms with van der Waals surface area (Å²) in [6.07, 6.45) is 0.838. The molecular weight excluding hydrogens is 328 g/mol. The van der Waals surface area contributed by atoms with E-state index in [1.54, 1.807) is 7.05 Å². The number of aromatic nitrogens is 3. The molecule has 2 rings (SSSR count). The summed E-state index contributed by atoms with van der Waals surface area (Å²) in [5.74, 6) is 0. The van der Waals surface area contributed by atoms with Crippen molar-refractivity contribution in [3.63, 3.8) is 0 Å². The molecule has 0 saturated carbocycles. The second-order valence-corrected chi connectivity index (χ2v) is 6.28. The first-order valence-electron chi connectivity index (χ1n) is 5.80. The van der Waals surface area contributed by atoms with Crippen molar-refractivity contribution in [2.24, 2.45) is 12.8 Å². The largest absolute Gasteiger partial charge is 0.343 e. The van der Waals surface area contributed by atoms with Crippen LogP contribution in [-0.4, -0.2) is 20.8 Å². The zero-order valence-corrected chi connectivity index (χ0v) is 13.1. The van der Waals surface area contributed by atoms with Gasteiger partial charge in [-0.2, -0.15) is 0 Å². The maximum Gasteiger partial charge on any atom is 0.343 e. The number of nitrogens with two attached hydrogens (primary N) is 1. The monoisotopic (exact) mass is 342 g/mol. The zero-order valence-electron chi connectivity index (χ0n) is 10.7. The molecule has 3 N–H and O–H groups in total. The number of hydrogen-bond donors (Lipinski definition) is 2. The quantitative estimate of drug-likeness (QED) is 0.889. The lowest BCUT2D eigenvalue weighted by Gasteiger charge is -2.08. The van der Waals surface area contributed by atoms with E-state index in [0.717, 1.165) is 15.8 Å². The average molecular weight is 343 g/mol. The third-order valence-corrected chi connectivity index (χ3v) is 4.64. The third-order valence-electron chi connectivity index (χ3n) is 2.59. The Hall–Kier alpha value is -1.05. The molecule has 5 nitrogen and oxygen atoms in total. The molecular formula is C12H15BrN4OS. The molecule has 0 spiro atoms. The molecule has 1 atom stereocenters. The second kappa shape index (κ2) is 5.94. The topological polar surface area (TPSA) is 76.7 Å². The molecule has 7 heteroatoms. The summed E-state index contributed by atoms with van der Waals surface area (Å²) in [5, 5.41) is 7.02. The van der Waals surface area contributed by atoms with E-state index in [0.29, 0.717) is 5.16 Å². The maximum atomic E-state index is 11.3. The highest BCUT2D eigenvalue weighted by atomic mass is 79.9. The van der Waals surface area contributed by atoms with E-state index < -0.39 is 0 Å². The van der Waals surface area contributed by atoms with Crippen LogP contribution in [0.2, 0.25) is 0 Å². The van der Waals surface area contributed by atoms with Gasteiger partial charge in [0.15, 0.2) is 5.16 Å². The Morgan fingerprint density at radius 3 is 2.84 bits per heavy atom. The van der Waals surface area contributed by atoms with Crippen molar-refractivity contribution in [1.29, 1.82) is 0 Å². The van der Waals surface area contributed by atoms with Crippen LogP contribution >= 0.6 is 27.7 Å². The van der Waals surface area contributed by atoms with Gasteiger partial charge in [-0.3, -0.25) is 4.57 Å². The predicted molar refractivity (Wildman–Crippen MR) is 79.4 cm³/mol. The normalized spacial score (nSPS) is 12.6. The predicted octanol–water partition coefficient (Wildman–Crippen LogP) is 1.91. The summed E-state index contributed by atoms with van der Waals surface area (Å²) in [5.41, 5.74) is 6.75. The van der Waals surface area contributed by atoms with Crippen molar-refractivity contribution >= 4 is 27.7 Å². The number of halogens is 1. The molecule has 0 radical (unpaired) electrons. The lowest BCUT2D eigenvalue weighted by atomic mass is 10.1. The van der Waals surface area contributed by atoms with E-state index in [1.807, 2.05) is 19.1 Å². The van der Waals surface area contributed by atoms with Gasteiger partial charge in [-0.25, -0.2) is 9.89 Å². The highest BCUT2D eigenvalue weighted by Crippen LogP contribution is 2.32. The van der Waals surface area contributed by atoms with Gasteiger partial charge in [0.2, 0.25) is 0 Å². The van der Waals surface area contributed by atoms with E-state index in [1.165, 1.54) is 21.9 Å². The van der Waals surface area contributed by atoms with E-state index >= 15 is 0 Å². The molecule has 0 saturated heterocycles. The smallest absolute Gasteiger partial charge is 0.328 e. The Kier molecular flexibility index (Phi) is 4.49. The fourth-order valence-electron chi connectivity index (χ4n) is 1.65. The van der Waals surface area contributed by atoms with Gasteiger partial charge >= 0.3 is 5.69 Å². The molecule has 19 heavy (non-hydrogen) atoms. The third kappa shape index (κ3) is 3.49. The van der Waals surface area contributed by atoms with Crippen LogP contribution < -0.4 is 11.4 Å². The summed E-state index contributed by atoms with van der Waals surface area (Å²) in [6.45, 7) is 1.98. The Bertz CT molecular complexity index is 635. The Morgan fingerprint density at radius 1 is 1.58 bits per heavy atom. The number of benzene rings is 1. The summed E-state index contributed by atoms with van der Waals surface area (Å²) < 4.78 is 2.46. The van der Waals surface area contributed by atoms with Crippen molar-refractivity contribution in [2.45, 2.75) is 29.4 Å². The molecule has 0 aliphatic rings. The van der Waals surface area contributed by atoms with Crippen molar-refractivity contribution < 1.29 is 0 Å². The van der Waals surface area contributed by atoms with Crippen molar-refractivity contribution in [3.05, 3.63) is 38.7 Å². The van der Waals surface area contributed by atoms with Crippen LogP contribution in [0.5, 0.6) is 0 Å². The molecule has 0 aliphatic heterocycles. The number of nitrogens with zero attached hydrogens (tertiary/aromatic N) is 2.